The first-order valence-corrected chi connectivity index (χ1v) is 13.4. The van der Waals surface area contributed by atoms with Crippen LogP contribution in [0.25, 0.3) is 22.6 Å². The van der Waals surface area contributed by atoms with Gasteiger partial charge in [0.25, 0.3) is 0 Å². The number of ether oxygens (including phenoxy) is 1. The maximum absolute atomic E-state index is 5.95. The molecule has 4 rings (SSSR count). The van der Waals surface area contributed by atoms with Crippen LogP contribution in [0.3, 0.4) is 0 Å². The Labute approximate surface area is 216 Å². The van der Waals surface area contributed by atoms with Crippen LogP contribution in [0.15, 0.2) is 84.9 Å². The lowest BCUT2D eigenvalue weighted by molar-refractivity contribution is 0.244. The van der Waals surface area contributed by atoms with E-state index in [1.54, 1.807) is 0 Å². The molecule has 0 unspecified atom stereocenters. The van der Waals surface area contributed by atoms with Crippen molar-refractivity contribution in [3.63, 3.8) is 0 Å². The topological polar surface area (TPSA) is 30.3 Å². The number of para-hydroxylation sites is 1. The van der Waals surface area contributed by atoms with E-state index in [0.29, 0.717) is 6.61 Å². The fourth-order valence-electron chi connectivity index (χ4n) is 4.75. The monoisotopic (exact) mass is 481 g/mol. The Morgan fingerprint density at radius 3 is 2.08 bits per heavy atom. The van der Waals surface area contributed by atoms with Gasteiger partial charge in [-0.25, -0.2) is 4.98 Å². The molecule has 36 heavy (non-hydrogen) atoms. The maximum Gasteiger partial charge on any atom is 0.140 e. The van der Waals surface area contributed by atoms with Gasteiger partial charge in [-0.1, -0.05) is 99.1 Å². The van der Waals surface area contributed by atoms with E-state index in [0.717, 1.165) is 62.7 Å². The molecule has 0 atom stereocenters. The predicted molar refractivity (Wildman–Crippen MR) is 150 cm³/mol. The number of imidazole rings is 1. The van der Waals surface area contributed by atoms with Crippen LogP contribution in [-0.4, -0.2) is 27.6 Å². The van der Waals surface area contributed by atoms with E-state index in [9.17, 15) is 0 Å². The van der Waals surface area contributed by atoms with E-state index in [1.165, 1.54) is 22.4 Å². The van der Waals surface area contributed by atoms with Gasteiger partial charge in [0.2, 0.25) is 0 Å². The standard InChI is InChI=1S/C32H39N3O/c1-4-7-23-35-29(25-34(22-5-2)24-28-20-14-15-21-30(28)36-6-3)31(26-16-10-8-11-17-26)33-32(35)27-18-12-9-13-19-27/h8-21H,4-7,22-25H2,1-3H3. The second kappa shape index (κ2) is 13.1. The van der Waals surface area contributed by atoms with Crippen LogP contribution < -0.4 is 4.74 Å². The molecule has 4 aromatic rings. The number of rotatable bonds is 13. The minimum absolute atomic E-state index is 0.674. The molecule has 0 N–H and O–H groups in total. The summed E-state index contributed by atoms with van der Waals surface area (Å²) >= 11 is 0. The average Bonchev–Trinajstić information content (AvgIpc) is 3.27. The Bertz CT molecular complexity index is 1200. The summed E-state index contributed by atoms with van der Waals surface area (Å²) in [5, 5.41) is 0. The summed E-state index contributed by atoms with van der Waals surface area (Å²) in [6.07, 6.45) is 3.36. The van der Waals surface area contributed by atoms with Crippen molar-refractivity contribution < 1.29 is 4.74 Å². The highest BCUT2D eigenvalue weighted by Gasteiger charge is 2.22. The third-order valence-corrected chi connectivity index (χ3v) is 6.47. The third kappa shape index (κ3) is 6.24. The van der Waals surface area contributed by atoms with Crippen molar-refractivity contribution >= 4 is 0 Å². The molecule has 0 aliphatic carbocycles. The number of hydrogen-bond donors (Lipinski definition) is 0. The van der Waals surface area contributed by atoms with Crippen molar-refractivity contribution in [1.82, 2.24) is 14.5 Å². The van der Waals surface area contributed by atoms with Crippen LogP contribution in [0.2, 0.25) is 0 Å². The summed E-state index contributed by atoms with van der Waals surface area (Å²) in [7, 11) is 0. The van der Waals surface area contributed by atoms with Crippen LogP contribution in [-0.2, 0) is 19.6 Å². The molecule has 0 bridgehead atoms. The molecule has 0 saturated carbocycles. The molecular weight excluding hydrogens is 442 g/mol. The van der Waals surface area contributed by atoms with Crippen molar-refractivity contribution in [2.75, 3.05) is 13.2 Å². The molecule has 4 heteroatoms. The molecule has 0 fully saturated rings. The fourth-order valence-corrected chi connectivity index (χ4v) is 4.75. The molecule has 3 aromatic carbocycles. The molecule has 0 saturated heterocycles. The Kier molecular flexibility index (Phi) is 9.34. The largest absolute Gasteiger partial charge is 0.494 e. The van der Waals surface area contributed by atoms with Gasteiger partial charge in [-0.05, 0) is 32.4 Å². The predicted octanol–water partition coefficient (Wildman–Crippen LogP) is 7.83. The molecule has 0 aliphatic rings. The Balaban J connectivity index is 1.79. The maximum atomic E-state index is 5.95. The molecule has 4 nitrogen and oxygen atoms in total. The van der Waals surface area contributed by atoms with Crippen LogP contribution in [0.1, 0.15) is 51.3 Å². The zero-order valence-electron chi connectivity index (χ0n) is 22.0. The van der Waals surface area contributed by atoms with E-state index in [-0.39, 0.29) is 0 Å². The molecule has 0 spiro atoms. The van der Waals surface area contributed by atoms with E-state index in [4.69, 9.17) is 9.72 Å². The zero-order valence-corrected chi connectivity index (χ0v) is 22.0. The summed E-state index contributed by atoms with van der Waals surface area (Å²) in [5.41, 5.74) is 5.95. The number of unbranched alkanes of at least 4 members (excludes halogenated alkanes) is 1. The molecule has 1 aromatic heterocycles. The second-order valence-electron chi connectivity index (χ2n) is 9.22. The highest BCUT2D eigenvalue weighted by atomic mass is 16.5. The molecule has 188 valence electrons. The van der Waals surface area contributed by atoms with Crippen LogP contribution >= 0.6 is 0 Å². The highest BCUT2D eigenvalue weighted by Crippen LogP contribution is 2.32. The number of benzene rings is 3. The van der Waals surface area contributed by atoms with Gasteiger partial charge in [0, 0.05) is 36.3 Å². The summed E-state index contributed by atoms with van der Waals surface area (Å²) in [4.78, 5) is 7.82. The molecular formula is C32H39N3O. The first-order chi connectivity index (χ1) is 17.7. The average molecular weight is 482 g/mol. The molecule has 0 aliphatic heterocycles. The minimum Gasteiger partial charge on any atom is -0.494 e. The normalized spacial score (nSPS) is 11.2. The highest BCUT2D eigenvalue weighted by molar-refractivity contribution is 5.68. The fraction of sp³-hybridized carbons (Fsp3) is 0.344. The number of nitrogens with zero attached hydrogens (tertiary/aromatic N) is 3. The van der Waals surface area contributed by atoms with Gasteiger partial charge in [0.05, 0.1) is 18.0 Å². The van der Waals surface area contributed by atoms with Gasteiger partial charge in [0.15, 0.2) is 0 Å². The summed E-state index contributed by atoms with van der Waals surface area (Å²) < 4.78 is 8.42. The zero-order chi connectivity index (χ0) is 25.2. The second-order valence-corrected chi connectivity index (χ2v) is 9.22. The van der Waals surface area contributed by atoms with Crippen molar-refractivity contribution in [2.24, 2.45) is 0 Å². The lowest BCUT2D eigenvalue weighted by Gasteiger charge is -2.25. The summed E-state index contributed by atoms with van der Waals surface area (Å²) in [6.45, 7) is 10.9. The first-order valence-electron chi connectivity index (χ1n) is 13.4. The van der Waals surface area contributed by atoms with E-state index < -0.39 is 0 Å². The van der Waals surface area contributed by atoms with Crippen molar-refractivity contribution in [2.45, 2.75) is 59.7 Å². The Morgan fingerprint density at radius 1 is 0.750 bits per heavy atom. The van der Waals surface area contributed by atoms with Crippen molar-refractivity contribution in [3.8, 4) is 28.4 Å². The first kappa shape index (κ1) is 25.7. The molecule has 1 heterocycles. The van der Waals surface area contributed by atoms with E-state index in [1.807, 2.05) is 6.92 Å². The SMILES string of the molecule is CCCCn1c(-c2ccccc2)nc(-c2ccccc2)c1CN(CCC)Cc1ccccc1OCC. The van der Waals surface area contributed by atoms with E-state index >= 15 is 0 Å². The van der Waals surface area contributed by atoms with Gasteiger partial charge in [-0.2, -0.15) is 0 Å². The van der Waals surface area contributed by atoms with Crippen molar-refractivity contribution in [1.29, 1.82) is 0 Å². The van der Waals surface area contributed by atoms with Gasteiger partial charge in [-0.15, -0.1) is 0 Å². The molecule has 0 radical (unpaired) electrons. The van der Waals surface area contributed by atoms with Crippen molar-refractivity contribution in [3.05, 3.63) is 96.2 Å². The Hall–Kier alpha value is -3.37. The van der Waals surface area contributed by atoms with Gasteiger partial charge in [-0.3, -0.25) is 4.90 Å². The summed E-state index contributed by atoms with van der Waals surface area (Å²) in [6, 6.07) is 29.7. The van der Waals surface area contributed by atoms with Gasteiger partial charge in [0.1, 0.15) is 11.6 Å². The smallest absolute Gasteiger partial charge is 0.140 e. The minimum atomic E-state index is 0.674. The van der Waals surface area contributed by atoms with Gasteiger partial charge >= 0.3 is 0 Å². The lowest BCUT2D eigenvalue weighted by Crippen LogP contribution is -2.26. The van der Waals surface area contributed by atoms with Gasteiger partial charge < -0.3 is 9.30 Å². The third-order valence-electron chi connectivity index (χ3n) is 6.47. The lowest BCUT2D eigenvalue weighted by atomic mass is 10.1. The van der Waals surface area contributed by atoms with Crippen LogP contribution in [0.4, 0.5) is 0 Å². The number of aromatic nitrogens is 2. The van der Waals surface area contributed by atoms with E-state index in [2.05, 4.69) is 108 Å². The quantitative estimate of drug-likeness (QED) is 0.195. The van der Waals surface area contributed by atoms with Crippen LogP contribution in [0, 0.1) is 0 Å². The number of hydrogen-bond acceptors (Lipinski definition) is 3. The summed E-state index contributed by atoms with van der Waals surface area (Å²) in [5.74, 6) is 2.04. The Morgan fingerprint density at radius 2 is 1.42 bits per heavy atom. The van der Waals surface area contributed by atoms with Crippen LogP contribution in [0.5, 0.6) is 5.75 Å². The molecule has 0 amide bonds.